The smallest absolute Gasteiger partial charge is 0.315 e. The van der Waals surface area contributed by atoms with Crippen molar-refractivity contribution >= 4 is 6.03 Å². The van der Waals surface area contributed by atoms with Crippen LogP contribution >= 0.6 is 0 Å². The van der Waals surface area contributed by atoms with Crippen molar-refractivity contribution in [3.8, 4) is 5.75 Å². The minimum atomic E-state index is -0.179. The van der Waals surface area contributed by atoms with Crippen molar-refractivity contribution in [3.63, 3.8) is 0 Å². The molecule has 112 valence electrons. The van der Waals surface area contributed by atoms with Gasteiger partial charge in [-0.3, -0.25) is 0 Å². The van der Waals surface area contributed by atoms with Gasteiger partial charge < -0.3 is 19.8 Å². The number of furan rings is 1. The third kappa shape index (κ3) is 4.87. The predicted octanol–water partition coefficient (Wildman–Crippen LogP) is 2.72. The second-order valence-electron chi connectivity index (χ2n) is 4.91. The molecule has 0 bridgehead atoms. The first-order valence-electron chi connectivity index (χ1n) is 6.85. The summed E-state index contributed by atoms with van der Waals surface area (Å²) in [7, 11) is 1.63. The lowest BCUT2D eigenvalue weighted by molar-refractivity contribution is 0.237. The van der Waals surface area contributed by atoms with Gasteiger partial charge in [-0.1, -0.05) is 12.1 Å². The molecule has 1 unspecified atom stereocenters. The second kappa shape index (κ2) is 7.38. The first kappa shape index (κ1) is 15.0. The summed E-state index contributed by atoms with van der Waals surface area (Å²) in [5.41, 5.74) is 2.09. The summed E-state index contributed by atoms with van der Waals surface area (Å²) in [5.74, 6) is 0.803. The maximum absolute atomic E-state index is 11.8. The Bertz CT molecular complexity index is 549. The third-order valence-electron chi connectivity index (χ3n) is 3.11. The van der Waals surface area contributed by atoms with Crippen molar-refractivity contribution in [1.29, 1.82) is 0 Å². The van der Waals surface area contributed by atoms with Crippen LogP contribution in [0.4, 0.5) is 4.79 Å². The molecular formula is C16H20N2O3. The number of amides is 2. The maximum Gasteiger partial charge on any atom is 0.315 e. The molecule has 1 atom stereocenters. The SMILES string of the molecule is COc1ccc(CNC(=O)NC(C)Cc2ccoc2)cc1. The van der Waals surface area contributed by atoms with Crippen LogP contribution < -0.4 is 15.4 Å². The molecule has 0 aliphatic heterocycles. The van der Waals surface area contributed by atoms with Crippen molar-refractivity contribution in [1.82, 2.24) is 10.6 Å². The van der Waals surface area contributed by atoms with E-state index in [0.29, 0.717) is 6.54 Å². The first-order chi connectivity index (χ1) is 10.2. The highest BCUT2D eigenvalue weighted by molar-refractivity contribution is 5.74. The van der Waals surface area contributed by atoms with E-state index in [0.717, 1.165) is 23.3 Å². The molecule has 1 heterocycles. The second-order valence-corrected chi connectivity index (χ2v) is 4.91. The van der Waals surface area contributed by atoms with Crippen molar-refractivity contribution in [2.75, 3.05) is 7.11 Å². The molecule has 0 radical (unpaired) electrons. The lowest BCUT2D eigenvalue weighted by atomic mass is 10.1. The maximum atomic E-state index is 11.8. The van der Waals surface area contributed by atoms with Gasteiger partial charge in [0.2, 0.25) is 0 Å². The molecule has 0 aliphatic rings. The van der Waals surface area contributed by atoms with Gasteiger partial charge in [-0.25, -0.2) is 4.79 Å². The summed E-state index contributed by atoms with van der Waals surface area (Å²) in [6.07, 6.45) is 4.06. The Morgan fingerprint density at radius 2 is 2.00 bits per heavy atom. The van der Waals surface area contributed by atoms with Crippen molar-refractivity contribution in [3.05, 3.63) is 54.0 Å². The highest BCUT2D eigenvalue weighted by Gasteiger charge is 2.08. The Labute approximate surface area is 124 Å². The van der Waals surface area contributed by atoms with Gasteiger partial charge in [0, 0.05) is 12.6 Å². The summed E-state index contributed by atoms with van der Waals surface area (Å²) < 4.78 is 10.1. The van der Waals surface area contributed by atoms with Crippen LogP contribution in [0.15, 0.2) is 47.3 Å². The van der Waals surface area contributed by atoms with Crippen LogP contribution in [0.2, 0.25) is 0 Å². The van der Waals surface area contributed by atoms with Gasteiger partial charge in [0.05, 0.1) is 19.6 Å². The van der Waals surface area contributed by atoms with Gasteiger partial charge >= 0.3 is 6.03 Å². The van der Waals surface area contributed by atoms with Crippen molar-refractivity contribution in [2.45, 2.75) is 25.9 Å². The van der Waals surface area contributed by atoms with Crippen LogP contribution in [-0.4, -0.2) is 19.2 Å². The van der Waals surface area contributed by atoms with Crippen LogP contribution in [0.5, 0.6) is 5.75 Å². The van der Waals surface area contributed by atoms with Crippen LogP contribution in [0.25, 0.3) is 0 Å². The largest absolute Gasteiger partial charge is 0.497 e. The number of carbonyl (C=O) groups is 1. The molecule has 2 N–H and O–H groups in total. The molecule has 0 fully saturated rings. The topological polar surface area (TPSA) is 63.5 Å². The molecule has 5 heteroatoms. The molecule has 2 aromatic rings. The number of rotatable bonds is 6. The van der Waals surface area contributed by atoms with Gasteiger partial charge in [-0.05, 0) is 42.7 Å². The normalized spacial score (nSPS) is 11.7. The van der Waals surface area contributed by atoms with Crippen LogP contribution in [-0.2, 0) is 13.0 Å². The molecule has 0 spiro atoms. The van der Waals surface area contributed by atoms with E-state index >= 15 is 0 Å². The molecule has 21 heavy (non-hydrogen) atoms. The lowest BCUT2D eigenvalue weighted by Crippen LogP contribution is -2.41. The van der Waals surface area contributed by atoms with Gasteiger partial charge in [0.1, 0.15) is 5.75 Å². The molecule has 5 nitrogen and oxygen atoms in total. The average Bonchev–Trinajstić information content (AvgIpc) is 2.98. The summed E-state index contributed by atoms with van der Waals surface area (Å²) in [5, 5.41) is 5.73. The van der Waals surface area contributed by atoms with E-state index in [1.54, 1.807) is 19.6 Å². The minimum Gasteiger partial charge on any atom is -0.497 e. The zero-order valence-electron chi connectivity index (χ0n) is 12.3. The average molecular weight is 288 g/mol. The highest BCUT2D eigenvalue weighted by atomic mass is 16.5. The molecule has 1 aromatic heterocycles. The number of hydrogen-bond acceptors (Lipinski definition) is 3. The Hall–Kier alpha value is -2.43. The fraction of sp³-hybridized carbons (Fsp3) is 0.312. The molecule has 0 aliphatic carbocycles. The zero-order valence-corrected chi connectivity index (χ0v) is 12.3. The molecule has 2 rings (SSSR count). The van der Waals surface area contributed by atoms with E-state index in [4.69, 9.17) is 9.15 Å². The Balaban J connectivity index is 1.73. The third-order valence-corrected chi connectivity index (χ3v) is 3.11. The Kier molecular flexibility index (Phi) is 5.26. The number of hydrogen-bond donors (Lipinski definition) is 2. The lowest BCUT2D eigenvalue weighted by Gasteiger charge is -2.14. The Morgan fingerprint density at radius 3 is 2.62 bits per heavy atom. The van der Waals surface area contributed by atoms with E-state index in [-0.39, 0.29) is 12.1 Å². The standard InChI is InChI=1S/C16H20N2O3/c1-12(9-14-7-8-21-11-14)18-16(19)17-10-13-3-5-15(20-2)6-4-13/h3-8,11-12H,9-10H2,1-2H3,(H2,17,18,19). The number of methoxy groups -OCH3 is 1. The Morgan fingerprint density at radius 1 is 1.24 bits per heavy atom. The summed E-state index contributed by atoms with van der Waals surface area (Å²) in [4.78, 5) is 11.8. The molecule has 0 saturated carbocycles. The highest BCUT2D eigenvalue weighted by Crippen LogP contribution is 2.10. The molecule has 2 amide bonds. The van der Waals surface area contributed by atoms with E-state index in [1.165, 1.54) is 0 Å². The van der Waals surface area contributed by atoms with E-state index < -0.39 is 0 Å². The zero-order chi connectivity index (χ0) is 15.1. The van der Waals surface area contributed by atoms with Crippen LogP contribution in [0.3, 0.4) is 0 Å². The fourth-order valence-electron chi connectivity index (χ4n) is 2.01. The number of nitrogens with one attached hydrogen (secondary N) is 2. The molecular weight excluding hydrogens is 268 g/mol. The first-order valence-corrected chi connectivity index (χ1v) is 6.85. The summed E-state index contributed by atoms with van der Waals surface area (Å²) in [6, 6.07) is 9.35. The van der Waals surface area contributed by atoms with E-state index in [9.17, 15) is 4.79 Å². The number of urea groups is 1. The quantitative estimate of drug-likeness (QED) is 0.859. The molecule has 1 aromatic carbocycles. The monoisotopic (exact) mass is 288 g/mol. The number of ether oxygens (including phenoxy) is 1. The van der Waals surface area contributed by atoms with Crippen molar-refractivity contribution < 1.29 is 13.9 Å². The van der Waals surface area contributed by atoms with E-state index in [2.05, 4.69) is 10.6 Å². The van der Waals surface area contributed by atoms with Gasteiger partial charge in [0.25, 0.3) is 0 Å². The van der Waals surface area contributed by atoms with Gasteiger partial charge in [-0.15, -0.1) is 0 Å². The number of benzene rings is 1. The van der Waals surface area contributed by atoms with Gasteiger partial charge in [-0.2, -0.15) is 0 Å². The summed E-state index contributed by atoms with van der Waals surface area (Å²) >= 11 is 0. The van der Waals surface area contributed by atoms with Crippen LogP contribution in [0, 0.1) is 0 Å². The molecule has 0 saturated heterocycles. The van der Waals surface area contributed by atoms with Gasteiger partial charge in [0.15, 0.2) is 0 Å². The van der Waals surface area contributed by atoms with Crippen LogP contribution in [0.1, 0.15) is 18.1 Å². The number of carbonyl (C=O) groups excluding carboxylic acids is 1. The minimum absolute atomic E-state index is 0.0402. The fourth-order valence-corrected chi connectivity index (χ4v) is 2.01. The summed E-state index contributed by atoms with van der Waals surface area (Å²) in [6.45, 7) is 2.44. The predicted molar refractivity (Wildman–Crippen MR) is 80.2 cm³/mol. The van der Waals surface area contributed by atoms with E-state index in [1.807, 2.05) is 37.3 Å². The van der Waals surface area contributed by atoms with Crippen molar-refractivity contribution in [2.24, 2.45) is 0 Å².